The van der Waals surface area contributed by atoms with Crippen molar-refractivity contribution in [2.45, 2.75) is 86.7 Å². The van der Waals surface area contributed by atoms with E-state index in [1.54, 1.807) is 0 Å². The molecule has 0 saturated carbocycles. The zero-order valence-corrected chi connectivity index (χ0v) is 26.2. The standard InChI is InChI=1S/C35H42ClNO4/c1-8-37-25-16-34(4,5)18-27(38)31(25)30(32-26(37)17-35(6,7)19-28(32)39)23-14-24(36)33(29(15-23)40-9-2)41-20-22-12-10-21(3)11-13-22/h10-15,30H,8-9,16-20H2,1-7H3. The van der Waals surface area contributed by atoms with Gasteiger partial charge in [0.05, 0.1) is 11.6 Å². The summed E-state index contributed by atoms with van der Waals surface area (Å²) in [5.41, 5.74) is 6.30. The predicted molar refractivity (Wildman–Crippen MR) is 163 cm³/mol. The van der Waals surface area contributed by atoms with Gasteiger partial charge in [-0.05, 0) is 67.7 Å². The minimum Gasteiger partial charge on any atom is -0.490 e. The van der Waals surface area contributed by atoms with Gasteiger partial charge in [0.25, 0.3) is 0 Å². The Morgan fingerprint density at radius 2 is 1.41 bits per heavy atom. The maximum atomic E-state index is 13.9. The van der Waals surface area contributed by atoms with Gasteiger partial charge >= 0.3 is 0 Å². The second-order valence-corrected chi connectivity index (χ2v) is 13.7. The second kappa shape index (κ2) is 11.0. The third kappa shape index (κ3) is 5.70. The van der Waals surface area contributed by atoms with Crippen molar-refractivity contribution in [2.24, 2.45) is 10.8 Å². The maximum Gasteiger partial charge on any atom is 0.180 e. The van der Waals surface area contributed by atoms with Crippen molar-refractivity contribution in [1.29, 1.82) is 0 Å². The van der Waals surface area contributed by atoms with Gasteiger partial charge in [-0.1, -0.05) is 69.1 Å². The molecule has 0 fully saturated rings. The Morgan fingerprint density at radius 1 is 0.854 bits per heavy atom. The average Bonchev–Trinajstić information content (AvgIpc) is 2.87. The zero-order chi connectivity index (χ0) is 29.7. The molecular formula is C35H42ClNO4. The van der Waals surface area contributed by atoms with Crippen molar-refractivity contribution in [3.05, 3.63) is 80.7 Å². The summed E-state index contributed by atoms with van der Waals surface area (Å²) in [4.78, 5) is 30.1. The summed E-state index contributed by atoms with van der Waals surface area (Å²) in [5, 5.41) is 0.410. The van der Waals surface area contributed by atoms with Crippen LogP contribution in [0, 0.1) is 17.8 Å². The van der Waals surface area contributed by atoms with Crippen LogP contribution in [0.15, 0.2) is 58.9 Å². The molecule has 5 rings (SSSR count). The van der Waals surface area contributed by atoms with Crippen molar-refractivity contribution < 1.29 is 19.1 Å². The fourth-order valence-electron chi connectivity index (χ4n) is 6.76. The molecule has 6 heteroatoms. The van der Waals surface area contributed by atoms with E-state index in [2.05, 4.69) is 58.6 Å². The lowest BCUT2D eigenvalue weighted by Gasteiger charge is -2.49. The van der Waals surface area contributed by atoms with Crippen LogP contribution in [0.1, 0.15) is 89.8 Å². The normalized spacial score (nSPS) is 20.2. The van der Waals surface area contributed by atoms with Crippen LogP contribution in [0.4, 0.5) is 0 Å². The first-order valence-corrected chi connectivity index (χ1v) is 15.2. The number of ether oxygens (including phenoxy) is 2. The topological polar surface area (TPSA) is 55.8 Å². The summed E-state index contributed by atoms with van der Waals surface area (Å²) in [5.74, 6) is 0.740. The number of allylic oxidation sites excluding steroid dienone is 4. The number of Topliss-reactive ketones (excluding diaryl/α,β-unsaturated/α-hetero) is 2. The highest BCUT2D eigenvalue weighted by Gasteiger charge is 2.48. The monoisotopic (exact) mass is 575 g/mol. The third-order valence-corrected chi connectivity index (χ3v) is 8.79. The summed E-state index contributed by atoms with van der Waals surface area (Å²) >= 11 is 6.93. The van der Waals surface area contributed by atoms with Crippen LogP contribution in [-0.2, 0) is 16.2 Å². The minimum atomic E-state index is -0.474. The van der Waals surface area contributed by atoms with Gasteiger partial charge in [0, 0.05) is 47.8 Å². The molecule has 3 aliphatic rings. The minimum absolute atomic E-state index is 0.109. The van der Waals surface area contributed by atoms with Gasteiger partial charge in [-0.2, -0.15) is 0 Å². The van der Waals surface area contributed by atoms with Crippen molar-refractivity contribution in [2.75, 3.05) is 13.2 Å². The van der Waals surface area contributed by atoms with Gasteiger partial charge in [-0.3, -0.25) is 9.59 Å². The van der Waals surface area contributed by atoms with Crippen LogP contribution < -0.4 is 9.47 Å². The number of ketones is 2. The SMILES string of the molecule is CCOc1cc(C2C3=C(CC(C)(C)CC3=O)N(CC)C3=C2C(=O)CC(C)(C)C3)cc(Cl)c1OCc1ccc(C)cc1. The second-order valence-electron chi connectivity index (χ2n) is 13.3. The van der Waals surface area contributed by atoms with Crippen LogP contribution in [0.2, 0.25) is 5.02 Å². The zero-order valence-electron chi connectivity index (χ0n) is 25.4. The summed E-state index contributed by atoms with van der Waals surface area (Å²) in [6.45, 7) is 16.2. The van der Waals surface area contributed by atoms with Gasteiger partial charge in [-0.25, -0.2) is 0 Å². The highest BCUT2D eigenvalue weighted by Crippen LogP contribution is 2.55. The molecule has 2 aliphatic carbocycles. The molecule has 1 heterocycles. The average molecular weight is 576 g/mol. The molecule has 0 atom stereocenters. The molecule has 0 amide bonds. The van der Waals surface area contributed by atoms with Crippen LogP contribution >= 0.6 is 11.6 Å². The maximum absolute atomic E-state index is 13.9. The number of hydrogen-bond donors (Lipinski definition) is 0. The van der Waals surface area contributed by atoms with Gasteiger partial charge in [0.2, 0.25) is 0 Å². The lowest BCUT2D eigenvalue weighted by molar-refractivity contribution is -0.119. The number of aryl methyl sites for hydroxylation is 1. The molecule has 218 valence electrons. The number of carbonyl (C=O) groups is 2. The number of nitrogens with zero attached hydrogens (tertiary/aromatic N) is 1. The molecule has 0 saturated heterocycles. The van der Waals surface area contributed by atoms with E-state index in [-0.39, 0.29) is 22.4 Å². The van der Waals surface area contributed by atoms with E-state index < -0.39 is 5.92 Å². The molecule has 2 aromatic rings. The van der Waals surface area contributed by atoms with E-state index in [9.17, 15) is 9.59 Å². The molecule has 2 aromatic carbocycles. The lowest BCUT2D eigenvalue weighted by atomic mass is 9.63. The molecule has 0 aromatic heterocycles. The van der Waals surface area contributed by atoms with Crippen molar-refractivity contribution in [3.63, 3.8) is 0 Å². The Hall–Kier alpha value is -3.05. The van der Waals surface area contributed by atoms with Crippen LogP contribution in [-0.4, -0.2) is 29.6 Å². The van der Waals surface area contributed by atoms with Crippen LogP contribution in [0.5, 0.6) is 11.5 Å². The number of rotatable bonds is 7. The molecular weight excluding hydrogens is 534 g/mol. The fourth-order valence-corrected chi connectivity index (χ4v) is 7.03. The van der Waals surface area contributed by atoms with Gasteiger partial charge in [0.15, 0.2) is 23.1 Å². The molecule has 0 unspecified atom stereocenters. The summed E-state index contributed by atoms with van der Waals surface area (Å²) in [6.07, 6.45) is 2.47. The Labute approximate surface area is 249 Å². The van der Waals surface area contributed by atoms with Crippen molar-refractivity contribution in [1.82, 2.24) is 4.90 Å². The van der Waals surface area contributed by atoms with E-state index in [1.807, 2.05) is 31.2 Å². The number of hydrogen-bond acceptors (Lipinski definition) is 5. The molecule has 1 aliphatic heterocycles. The highest BCUT2D eigenvalue weighted by molar-refractivity contribution is 6.32. The van der Waals surface area contributed by atoms with Crippen LogP contribution in [0.25, 0.3) is 0 Å². The van der Waals surface area contributed by atoms with Gasteiger partial charge in [0.1, 0.15) is 6.61 Å². The first-order valence-electron chi connectivity index (χ1n) is 14.8. The molecule has 0 spiro atoms. The van der Waals surface area contributed by atoms with Crippen molar-refractivity contribution in [3.8, 4) is 11.5 Å². The number of benzene rings is 2. The predicted octanol–water partition coefficient (Wildman–Crippen LogP) is 8.33. The third-order valence-electron chi connectivity index (χ3n) is 8.51. The number of halogens is 1. The largest absolute Gasteiger partial charge is 0.490 e. The first kappa shape index (κ1) is 29.4. The molecule has 41 heavy (non-hydrogen) atoms. The molecule has 5 nitrogen and oxygen atoms in total. The van der Waals surface area contributed by atoms with E-state index in [1.165, 1.54) is 5.56 Å². The smallest absolute Gasteiger partial charge is 0.180 e. The summed E-state index contributed by atoms with van der Waals surface area (Å²) < 4.78 is 12.3. The molecule has 0 N–H and O–H groups in total. The Morgan fingerprint density at radius 3 is 1.93 bits per heavy atom. The summed E-state index contributed by atoms with van der Waals surface area (Å²) in [7, 11) is 0. The Balaban J connectivity index is 1.65. The van der Waals surface area contributed by atoms with Crippen LogP contribution in [0.3, 0.4) is 0 Å². The fraction of sp³-hybridized carbons (Fsp3) is 0.486. The number of carbonyl (C=O) groups excluding carboxylic acids is 2. The van der Waals surface area contributed by atoms with Gasteiger partial charge in [-0.15, -0.1) is 0 Å². The lowest BCUT2D eigenvalue weighted by Crippen LogP contribution is -2.44. The van der Waals surface area contributed by atoms with E-state index in [0.29, 0.717) is 49.1 Å². The van der Waals surface area contributed by atoms with Crippen molar-refractivity contribution >= 4 is 23.2 Å². The summed E-state index contributed by atoms with van der Waals surface area (Å²) in [6, 6.07) is 12.0. The molecule has 0 bridgehead atoms. The van der Waals surface area contributed by atoms with Gasteiger partial charge < -0.3 is 14.4 Å². The Kier molecular flexibility index (Phi) is 7.88. The highest BCUT2D eigenvalue weighted by atomic mass is 35.5. The molecule has 0 radical (unpaired) electrons. The first-order chi connectivity index (χ1) is 19.3. The van der Waals surface area contributed by atoms with E-state index >= 15 is 0 Å². The Bertz CT molecular complexity index is 1390. The quantitative estimate of drug-likeness (QED) is 0.332. The van der Waals surface area contributed by atoms with E-state index in [0.717, 1.165) is 46.5 Å². The van der Waals surface area contributed by atoms with E-state index in [4.69, 9.17) is 21.1 Å².